The number of carbonyl (C=O) groups is 1. The lowest BCUT2D eigenvalue weighted by atomic mass is 10.1. The summed E-state index contributed by atoms with van der Waals surface area (Å²) in [5.41, 5.74) is -0.361. The Balaban J connectivity index is 4.34. The van der Waals surface area contributed by atoms with E-state index >= 15 is 0 Å². The van der Waals surface area contributed by atoms with E-state index in [4.69, 9.17) is 0 Å². The average Bonchev–Trinajstić information content (AvgIpc) is 2.11. The Morgan fingerprint density at radius 3 is 2.24 bits per heavy atom. The molecule has 0 rings (SSSR count). The maximum atomic E-state index is 11.7. The molecule has 17 heavy (non-hydrogen) atoms. The van der Waals surface area contributed by atoms with E-state index in [2.05, 4.69) is 10.0 Å². The molecule has 0 aliphatic rings. The summed E-state index contributed by atoms with van der Waals surface area (Å²) in [7, 11) is -3.35. The fourth-order valence-electron chi connectivity index (χ4n) is 1.19. The van der Waals surface area contributed by atoms with Gasteiger partial charge in [0.2, 0.25) is 15.9 Å². The Labute approximate surface area is 104 Å². The Hall–Kier alpha value is -0.620. The first-order valence-corrected chi connectivity index (χ1v) is 7.54. The molecule has 0 heterocycles. The van der Waals surface area contributed by atoms with E-state index in [9.17, 15) is 13.2 Å². The van der Waals surface area contributed by atoms with Crippen molar-refractivity contribution in [2.75, 3.05) is 5.75 Å². The molecule has 0 aromatic heterocycles. The molecule has 1 atom stereocenters. The number of rotatable bonds is 6. The van der Waals surface area contributed by atoms with Crippen molar-refractivity contribution in [2.45, 2.75) is 59.0 Å². The second-order valence-electron chi connectivity index (χ2n) is 5.25. The molecule has 1 unspecified atom stereocenters. The predicted octanol–water partition coefficient (Wildman–Crippen LogP) is 1.01. The van der Waals surface area contributed by atoms with Crippen LogP contribution in [-0.2, 0) is 14.8 Å². The van der Waals surface area contributed by atoms with Gasteiger partial charge in [-0.15, -0.1) is 0 Å². The summed E-state index contributed by atoms with van der Waals surface area (Å²) < 4.78 is 25.5. The van der Waals surface area contributed by atoms with E-state index in [-0.39, 0.29) is 17.2 Å². The molecule has 102 valence electrons. The molecule has 0 saturated heterocycles. The van der Waals surface area contributed by atoms with Crippen molar-refractivity contribution in [3.05, 3.63) is 0 Å². The quantitative estimate of drug-likeness (QED) is 0.752. The summed E-state index contributed by atoms with van der Waals surface area (Å²) in [5.74, 6) is -0.242. The van der Waals surface area contributed by atoms with E-state index in [1.54, 1.807) is 6.92 Å². The highest BCUT2D eigenvalue weighted by atomic mass is 32.2. The van der Waals surface area contributed by atoms with Crippen LogP contribution in [0.5, 0.6) is 0 Å². The molecule has 0 aromatic rings. The lowest BCUT2D eigenvalue weighted by Crippen LogP contribution is -2.51. The van der Waals surface area contributed by atoms with Gasteiger partial charge >= 0.3 is 0 Å². The van der Waals surface area contributed by atoms with Crippen LogP contribution in [0.3, 0.4) is 0 Å². The van der Waals surface area contributed by atoms with Gasteiger partial charge in [0.25, 0.3) is 0 Å². The van der Waals surface area contributed by atoms with Gasteiger partial charge in [0.05, 0.1) is 11.8 Å². The van der Waals surface area contributed by atoms with Crippen LogP contribution in [0, 0.1) is 0 Å². The Kier molecular flexibility index (Phi) is 6.12. The van der Waals surface area contributed by atoms with Crippen LogP contribution in [0.25, 0.3) is 0 Å². The zero-order chi connectivity index (χ0) is 13.7. The first-order chi connectivity index (χ1) is 7.57. The van der Waals surface area contributed by atoms with Crippen molar-refractivity contribution in [1.29, 1.82) is 0 Å². The van der Waals surface area contributed by atoms with Crippen molar-refractivity contribution in [3.63, 3.8) is 0 Å². The van der Waals surface area contributed by atoms with Gasteiger partial charge in [-0.05, 0) is 34.1 Å². The summed E-state index contributed by atoms with van der Waals surface area (Å²) in [5, 5.41) is 2.73. The maximum absolute atomic E-state index is 11.7. The number of hydrogen-bond donors (Lipinski definition) is 2. The molecule has 0 aromatic carbocycles. The third kappa shape index (κ3) is 8.15. The minimum Gasteiger partial charge on any atom is -0.350 e. The van der Waals surface area contributed by atoms with Gasteiger partial charge in [0.1, 0.15) is 0 Å². The molecule has 0 fully saturated rings. The highest BCUT2D eigenvalue weighted by molar-refractivity contribution is 7.89. The number of unbranched alkanes of at least 4 members (excludes halogenated alkanes) is 1. The van der Waals surface area contributed by atoms with Gasteiger partial charge in [0, 0.05) is 5.54 Å². The summed E-state index contributed by atoms with van der Waals surface area (Å²) >= 11 is 0. The minimum absolute atomic E-state index is 0.0661. The maximum Gasteiger partial charge on any atom is 0.238 e. The topological polar surface area (TPSA) is 75.3 Å². The molecule has 1 amide bonds. The van der Waals surface area contributed by atoms with Gasteiger partial charge in [-0.3, -0.25) is 4.79 Å². The number of sulfonamides is 1. The molecule has 6 heteroatoms. The number of nitrogens with one attached hydrogen (secondary N) is 2. The zero-order valence-corrected chi connectivity index (χ0v) is 12.1. The molecule has 0 bridgehead atoms. The van der Waals surface area contributed by atoms with E-state index in [0.29, 0.717) is 6.42 Å². The molecule has 0 aliphatic heterocycles. The fraction of sp³-hybridized carbons (Fsp3) is 0.909. The van der Waals surface area contributed by atoms with Crippen molar-refractivity contribution >= 4 is 15.9 Å². The van der Waals surface area contributed by atoms with Gasteiger partial charge in [0.15, 0.2) is 0 Å². The van der Waals surface area contributed by atoms with Crippen LogP contribution < -0.4 is 10.0 Å². The normalized spacial score (nSPS) is 14.4. The standard InChI is InChI=1S/C11H24N2O3S/c1-6-7-8-17(15,16)13-9(2)10(14)12-11(3,4)5/h9,13H,6-8H2,1-5H3,(H,12,14). The van der Waals surface area contributed by atoms with Crippen LogP contribution in [0.4, 0.5) is 0 Å². The molecular formula is C11H24N2O3S. The smallest absolute Gasteiger partial charge is 0.238 e. The van der Waals surface area contributed by atoms with Crippen LogP contribution in [0.15, 0.2) is 0 Å². The van der Waals surface area contributed by atoms with Crippen molar-refractivity contribution in [2.24, 2.45) is 0 Å². The van der Waals surface area contributed by atoms with Gasteiger partial charge in [-0.1, -0.05) is 13.3 Å². The first-order valence-electron chi connectivity index (χ1n) is 5.89. The average molecular weight is 264 g/mol. The van der Waals surface area contributed by atoms with Crippen molar-refractivity contribution < 1.29 is 13.2 Å². The SMILES string of the molecule is CCCCS(=O)(=O)NC(C)C(=O)NC(C)(C)C. The Morgan fingerprint density at radius 2 is 1.82 bits per heavy atom. The highest BCUT2D eigenvalue weighted by Crippen LogP contribution is 2.01. The Bertz CT molecular complexity index is 344. The molecule has 2 N–H and O–H groups in total. The molecular weight excluding hydrogens is 240 g/mol. The molecule has 0 aliphatic carbocycles. The Morgan fingerprint density at radius 1 is 1.29 bits per heavy atom. The lowest BCUT2D eigenvalue weighted by Gasteiger charge is -2.23. The molecule has 0 radical (unpaired) electrons. The van der Waals surface area contributed by atoms with E-state index in [1.165, 1.54) is 0 Å². The summed E-state index contributed by atoms with van der Waals surface area (Å²) in [6.45, 7) is 9.02. The third-order valence-electron chi connectivity index (χ3n) is 2.01. The number of amides is 1. The largest absolute Gasteiger partial charge is 0.350 e. The monoisotopic (exact) mass is 264 g/mol. The van der Waals surface area contributed by atoms with Crippen molar-refractivity contribution in [3.8, 4) is 0 Å². The predicted molar refractivity (Wildman–Crippen MR) is 69.2 cm³/mol. The second-order valence-corrected chi connectivity index (χ2v) is 7.12. The first kappa shape index (κ1) is 16.4. The summed E-state index contributed by atoms with van der Waals surface area (Å²) in [4.78, 5) is 11.7. The van der Waals surface area contributed by atoms with Crippen molar-refractivity contribution in [1.82, 2.24) is 10.0 Å². The van der Waals surface area contributed by atoms with E-state index < -0.39 is 16.1 Å². The highest BCUT2D eigenvalue weighted by Gasteiger charge is 2.22. The van der Waals surface area contributed by atoms with E-state index in [0.717, 1.165) is 6.42 Å². The summed E-state index contributed by atoms with van der Waals surface area (Å²) in [6.07, 6.45) is 1.41. The molecule has 0 spiro atoms. The molecule has 5 nitrogen and oxygen atoms in total. The summed E-state index contributed by atoms with van der Waals surface area (Å²) in [6, 6.07) is -0.740. The van der Waals surface area contributed by atoms with Crippen LogP contribution in [0.2, 0.25) is 0 Å². The third-order valence-corrected chi connectivity index (χ3v) is 3.55. The fourth-order valence-corrected chi connectivity index (χ4v) is 2.63. The van der Waals surface area contributed by atoms with Gasteiger partial charge < -0.3 is 5.32 Å². The van der Waals surface area contributed by atoms with Gasteiger partial charge in [-0.25, -0.2) is 13.1 Å². The number of hydrogen-bond acceptors (Lipinski definition) is 3. The minimum atomic E-state index is -3.35. The van der Waals surface area contributed by atoms with Crippen LogP contribution in [-0.4, -0.2) is 31.7 Å². The lowest BCUT2D eigenvalue weighted by molar-refractivity contribution is -0.123. The van der Waals surface area contributed by atoms with E-state index in [1.807, 2.05) is 27.7 Å². The number of carbonyl (C=O) groups excluding carboxylic acids is 1. The zero-order valence-electron chi connectivity index (χ0n) is 11.3. The van der Waals surface area contributed by atoms with Crippen LogP contribution >= 0.6 is 0 Å². The van der Waals surface area contributed by atoms with Crippen LogP contribution in [0.1, 0.15) is 47.5 Å². The van der Waals surface area contributed by atoms with Gasteiger partial charge in [-0.2, -0.15) is 0 Å². The second kappa shape index (κ2) is 6.35. The molecule has 0 saturated carbocycles.